The Bertz CT molecular complexity index is 1070. The molecule has 4 aromatic carbocycles. The van der Waals surface area contributed by atoms with E-state index in [1.165, 1.54) is 48.5 Å². The van der Waals surface area contributed by atoms with Crippen molar-refractivity contribution < 1.29 is 22.3 Å². The summed E-state index contributed by atoms with van der Waals surface area (Å²) in [7, 11) is 0. The molecule has 0 saturated carbocycles. The lowest BCUT2D eigenvalue weighted by Crippen LogP contribution is -2.25. The summed E-state index contributed by atoms with van der Waals surface area (Å²) in [6.07, 6.45) is 0. The molecule has 1 nitrogen and oxygen atoms in total. The van der Waals surface area contributed by atoms with Crippen molar-refractivity contribution in [1.29, 1.82) is 0 Å². The number of alkyl halides is 2. The highest BCUT2D eigenvalue weighted by Crippen LogP contribution is 2.34. The highest BCUT2D eigenvalue weighted by Gasteiger charge is 2.27. The first-order chi connectivity index (χ1) is 17.8. The summed E-state index contributed by atoms with van der Waals surface area (Å²) in [5.41, 5.74) is 3.04. The van der Waals surface area contributed by atoms with Gasteiger partial charge in [0.1, 0.15) is 23.3 Å². The van der Waals surface area contributed by atoms with Gasteiger partial charge < -0.3 is 4.74 Å². The molecule has 0 aliphatic carbocycles. The molecule has 2 atom stereocenters. The number of hydrogen-bond acceptors (Lipinski definition) is 1. The quantitative estimate of drug-likeness (QED) is 0.143. The van der Waals surface area contributed by atoms with Crippen LogP contribution in [-0.4, -0.2) is 24.0 Å². The van der Waals surface area contributed by atoms with Gasteiger partial charge in [0.15, 0.2) is 0 Å². The third kappa shape index (κ3) is 7.13. The summed E-state index contributed by atoms with van der Waals surface area (Å²) in [6.45, 7) is 0.202. The van der Waals surface area contributed by atoms with E-state index in [2.05, 4.69) is 0 Å². The summed E-state index contributed by atoms with van der Waals surface area (Å²) < 4.78 is 60.1. The Kier molecular flexibility index (Phi) is 9.25. The Hall–Kier alpha value is -2.86. The van der Waals surface area contributed by atoms with E-state index in [9.17, 15) is 17.6 Å². The Morgan fingerprint density at radius 1 is 0.432 bits per heavy atom. The van der Waals surface area contributed by atoms with Crippen LogP contribution < -0.4 is 0 Å². The topological polar surface area (TPSA) is 9.23 Å². The van der Waals surface area contributed by atoms with Gasteiger partial charge in [0.2, 0.25) is 0 Å². The van der Waals surface area contributed by atoms with E-state index in [0.29, 0.717) is 0 Å². The molecule has 0 fully saturated rings. The van der Waals surface area contributed by atoms with E-state index in [1.54, 1.807) is 48.5 Å². The Morgan fingerprint density at radius 2 is 0.649 bits per heavy atom. The predicted molar refractivity (Wildman–Crippen MR) is 139 cm³/mol. The largest absolute Gasteiger partial charge is 0.378 e. The zero-order valence-electron chi connectivity index (χ0n) is 19.6. The fourth-order valence-electron chi connectivity index (χ4n) is 4.39. The van der Waals surface area contributed by atoms with Gasteiger partial charge >= 0.3 is 0 Å². The SMILES string of the molecule is Fc1ccc(C(c2ccc(F)cc2)C(Cl)COCC(Cl)C(c2ccc(F)cc2)c2ccc(F)cc2)cc1. The molecule has 0 bridgehead atoms. The van der Waals surface area contributed by atoms with Crippen molar-refractivity contribution in [2.45, 2.75) is 22.6 Å². The second-order valence-corrected chi connectivity index (χ2v) is 9.85. The lowest BCUT2D eigenvalue weighted by atomic mass is 9.88. The van der Waals surface area contributed by atoms with Crippen molar-refractivity contribution in [1.82, 2.24) is 0 Å². The molecule has 0 spiro atoms. The highest BCUT2D eigenvalue weighted by atomic mass is 35.5. The Labute approximate surface area is 223 Å². The Balaban J connectivity index is 1.50. The van der Waals surface area contributed by atoms with Crippen molar-refractivity contribution in [2.24, 2.45) is 0 Å². The lowest BCUT2D eigenvalue weighted by molar-refractivity contribution is 0.128. The third-order valence-electron chi connectivity index (χ3n) is 6.19. The zero-order valence-corrected chi connectivity index (χ0v) is 21.1. The molecule has 0 heterocycles. The maximum atomic E-state index is 13.5. The first-order valence-electron chi connectivity index (χ1n) is 11.7. The Morgan fingerprint density at radius 3 is 0.865 bits per heavy atom. The molecule has 0 aliphatic heterocycles. The van der Waals surface area contributed by atoms with E-state index in [0.717, 1.165) is 22.3 Å². The number of rotatable bonds is 10. The molecule has 7 heteroatoms. The summed E-state index contributed by atoms with van der Waals surface area (Å²) in [6, 6.07) is 23.9. The van der Waals surface area contributed by atoms with Crippen LogP contribution in [0.25, 0.3) is 0 Å². The molecule has 2 unspecified atom stereocenters. The van der Waals surface area contributed by atoms with Crippen molar-refractivity contribution >= 4 is 23.2 Å². The van der Waals surface area contributed by atoms with Gasteiger partial charge in [-0.05, 0) is 70.8 Å². The third-order valence-corrected chi connectivity index (χ3v) is 6.95. The molecule has 37 heavy (non-hydrogen) atoms. The van der Waals surface area contributed by atoms with E-state index in [1.807, 2.05) is 0 Å². The fraction of sp³-hybridized carbons (Fsp3) is 0.200. The van der Waals surface area contributed by atoms with Gasteiger partial charge in [-0.3, -0.25) is 0 Å². The van der Waals surface area contributed by atoms with Gasteiger partial charge in [-0.15, -0.1) is 23.2 Å². The van der Waals surface area contributed by atoms with Gasteiger partial charge in [0.25, 0.3) is 0 Å². The highest BCUT2D eigenvalue weighted by molar-refractivity contribution is 6.22. The van der Waals surface area contributed by atoms with Crippen LogP contribution in [0.2, 0.25) is 0 Å². The van der Waals surface area contributed by atoms with E-state index >= 15 is 0 Å². The summed E-state index contributed by atoms with van der Waals surface area (Å²) in [5, 5.41) is -1.15. The molecule has 0 radical (unpaired) electrons. The monoisotopic (exact) mass is 546 g/mol. The normalized spacial score (nSPS) is 13.2. The van der Waals surface area contributed by atoms with Gasteiger partial charge in [-0.1, -0.05) is 48.5 Å². The summed E-state index contributed by atoms with van der Waals surface area (Å²) >= 11 is 13.6. The minimum Gasteiger partial charge on any atom is -0.378 e. The van der Waals surface area contributed by atoms with Crippen LogP contribution >= 0.6 is 23.2 Å². The van der Waals surface area contributed by atoms with E-state index in [-0.39, 0.29) is 48.3 Å². The zero-order chi connectivity index (χ0) is 26.4. The number of benzene rings is 4. The van der Waals surface area contributed by atoms with Gasteiger partial charge in [0, 0.05) is 11.8 Å². The van der Waals surface area contributed by atoms with Crippen molar-refractivity contribution in [3.63, 3.8) is 0 Å². The molecule has 0 N–H and O–H groups in total. The first-order valence-corrected chi connectivity index (χ1v) is 12.6. The smallest absolute Gasteiger partial charge is 0.123 e. The fourth-order valence-corrected chi connectivity index (χ4v) is 5.15. The minimum atomic E-state index is -0.574. The van der Waals surface area contributed by atoms with Crippen LogP contribution in [0, 0.1) is 23.3 Å². The van der Waals surface area contributed by atoms with Gasteiger partial charge in [-0.2, -0.15) is 0 Å². The number of ether oxygens (including phenoxy) is 1. The minimum absolute atomic E-state index is 0.101. The van der Waals surface area contributed by atoms with Crippen LogP contribution in [0.15, 0.2) is 97.1 Å². The van der Waals surface area contributed by atoms with Crippen LogP contribution in [-0.2, 0) is 4.74 Å². The lowest BCUT2D eigenvalue weighted by Gasteiger charge is -2.26. The van der Waals surface area contributed by atoms with E-state index < -0.39 is 10.8 Å². The van der Waals surface area contributed by atoms with Crippen LogP contribution in [0.5, 0.6) is 0 Å². The van der Waals surface area contributed by atoms with Crippen molar-refractivity contribution in [2.75, 3.05) is 13.2 Å². The van der Waals surface area contributed by atoms with Gasteiger partial charge in [0.05, 0.1) is 24.0 Å². The van der Waals surface area contributed by atoms with Crippen molar-refractivity contribution in [3.05, 3.63) is 143 Å². The molecule has 4 rings (SSSR count). The molecular weight excluding hydrogens is 523 g/mol. The molecule has 0 aliphatic rings. The van der Waals surface area contributed by atoms with Crippen LogP contribution in [0.4, 0.5) is 17.6 Å². The summed E-state index contributed by atoms with van der Waals surface area (Å²) in [4.78, 5) is 0. The van der Waals surface area contributed by atoms with E-state index in [4.69, 9.17) is 27.9 Å². The molecule has 0 aromatic heterocycles. The molecule has 0 saturated heterocycles. The average Bonchev–Trinajstić information content (AvgIpc) is 2.89. The molecule has 192 valence electrons. The first kappa shape index (κ1) is 27.2. The number of halogens is 6. The molecule has 0 amide bonds. The second kappa shape index (κ2) is 12.6. The van der Waals surface area contributed by atoms with Crippen molar-refractivity contribution in [3.8, 4) is 0 Å². The second-order valence-electron chi connectivity index (χ2n) is 8.73. The van der Waals surface area contributed by atoms with Gasteiger partial charge in [-0.25, -0.2) is 17.6 Å². The summed E-state index contributed by atoms with van der Waals surface area (Å²) in [5.74, 6) is -2.27. The van der Waals surface area contributed by atoms with Crippen LogP contribution in [0.3, 0.4) is 0 Å². The maximum absolute atomic E-state index is 13.5. The number of hydrogen-bond donors (Lipinski definition) is 0. The standard InChI is InChI=1S/C30H24Cl2F4O/c31-27(29(19-1-9-23(33)10-2-19)20-3-11-24(34)12-4-20)17-37-18-28(32)30(21-5-13-25(35)14-6-21)22-7-15-26(36)16-8-22/h1-16,27-30H,17-18H2. The predicted octanol–water partition coefficient (Wildman–Crippen LogP) is 8.44. The average molecular weight is 547 g/mol. The van der Waals surface area contributed by atoms with Crippen LogP contribution in [0.1, 0.15) is 34.1 Å². The molecule has 4 aromatic rings. The molecular formula is C30H24Cl2F4O. The maximum Gasteiger partial charge on any atom is 0.123 e.